The summed E-state index contributed by atoms with van der Waals surface area (Å²) in [6.07, 6.45) is 0.429. The minimum absolute atomic E-state index is 0.113. The minimum atomic E-state index is -0.237. The lowest BCUT2D eigenvalue weighted by Gasteiger charge is -2.36. The fourth-order valence-corrected chi connectivity index (χ4v) is 3.47. The molecule has 0 radical (unpaired) electrons. The first kappa shape index (κ1) is 19.5. The molecule has 3 rings (SSSR count). The lowest BCUT2D eigenvalue weighted by Crippen LogP contribution is -2.45. The van der Waals surface area contributed by atoms with Gasteiger partial charge in [-0.25, -0.2) is 4.79 Å². The van der Waals surface area contributed by atoms with Crippen LogP contribution in [0.1, 0.15) is 32.4 Å². The van der Waals surface area contributed by atoms with Gasteiger partial charge in [0.05, 0.1) is 18.2 Å². The largest absolute Gasteiger partial charge is 0.372 e. The van der Waals surface area contributed by atoms with Gasteiger partial charge < -0.3 is 20.3 Å². The second-order valence-corrected chi connectivity index (χ2v) is 7.52. The van der Waals surface area contributed by atoms with Crippen molar-refractivity contribution < 1.29 is 9.53 Å². The Hall–Kier alpha value is -2.24. The Morgan fingerprint density at radius 2 is 1.67 bits per heavy atom. The molecule has 0 aromatic heterocycles. The van der Waals surface area contributed by atoms with Crippen molar-refractivity contribution in [3.63, 3.8) is 0 Å². The van der Waals surface area contributed by atoms with E-state index in [1.807, 2.05) is 55.5 Å². The van der Waals surface area contributed by atoms with E-state index in [1.165, 1.54) is 0 Å². The van der Waals surface area contributed by atoms with Crippen molar-refractivity contribution in [2.24, 2.45) is 0 Å². The van der Waals surface area contributed by atoms with Gasteiger partial charge in [-0.1, -0.05) is 23.7 Å². The number of nitrogens with one attached hydrogen (secondary N) is 2. The lowest BCUT2D eigenvalue weighted by molar-refractivity contribution is -0.00521. The molecule has 2 amide bonds. The number of urea groups is 1. The smallest absolute Gasteiger partial charge is 0.319 e. The third-order valence-corrected chi connectivity index (χ3v) is 4.88. The molecule has 6 heteroatoms. The van der Waals surface area contributed by atoms with Gasteiger partial charge in [-0.3, -0.25) is 0 Å². The summed E-state index contributed by atoms with van der Waals surface area (Å²) in [5.74, 6) is 0. The topological polar surface area (TPSA) is 53.6 Å². The van der Waals surface area contributed by atoms with E-state index >= 15 is 0 Å². The number of morpholine rings is 1. The fourth-order valence-electron chi connectivity index (χ4n) is 3.34. The summed E-state index contributed by atoms with van der Waals surface area (Å²) in [7, 11) is 0. The molecule has 1 saturated heterocycles. The fraction of sp³-hybridized carbons (Fsp3) is 0.381. The van der Waals surface area contributed by atoms with E-state index in [0.29, 0.717) is 5.02 Å². The predicted molar refractivity (Wildman–Crippen MR) is 111 cm³/mol. The standard InChI is InChI=1S/C21H26ClN3O2/c1-14-12-25(13-15(2)27-14)20-10-8-19(9-11-20)24-21(26)23-16(3)17-4-6-18(22)7-5-17/h4-11,14-16H,12-13H2,1-3H3,(H2,23,24,26). The summed E-state index contributed by atoms with van der Waals surface area (Å²) in [4.78, 5) is 14.6. The number of carbonyl (C=O) groups excluding carboxylic acids is 1. The molecule has 2 aromatic carbocycles. The van der Waals surface area contributed by atoms with Gasteiger partial charge in [0.2, 0.25) is 0 Å². The molecule has 27 heavy (non-hydrogen) atoms. The molecule has 2 N–H and O–H groups in total. The Morgan fingerprint density at radius 1 is 1.07 bits per heavy atom. The van der Waals surface area contributed by atoms with Crippen LogP contribution in [0.2, 0.25) is 5.02 Å². The number of nitrogens with zero attached hydrogens (tertiary/aromatic N) is 1. The Bertz CT molecular complexity index is 754. The number of rotatable bonds is 4. The van der Waals surface area contributed by atoms with Crippen molar-refractivity contribution >= 4 is 29.0 Å². The predicted octanol–water partition coefficient (Wildman–Crippen LogP) is 4.84. The van der Waals surface area contributed by atoms with Crippen LogP contribution < -0.4 is 15.5 Å². The van der Waals surface area contributed by atoms with Crippen molar-refractivity contribution in [3.05, 3.63) is 59.1 Å². The van der Waals surface area contributed by atoms with Crippen molar-refractivity contribution in [2.45, 2.75) is 39.0 Å². The third kappa shape index (κ3) is 5.37. The number of ether oxygens (including phenoxy) is 1. The van der Waals surface area contributed by atoms with E-state index in [2.05, 4.69) is 29.4 Å². The summed E-state index contributed by atoms with van der Waals surface area (Å²) in [6.45, 7) is 7.86. The third-order valence-electron chi connectivity index (χ3n) is 4.63. The summed E-state index contributed by atoms with van der Waals surface area (Å²) in [6, 6.07) is 15.0. The molecule has 2 aromatic rings. The first-order valence-corrected chi connectivity index (χ1v) is 9.62. The van der Waals surface area contributed by atoms with Gasteiger partial charge in [-0.2, -0.15) is 0 Å². The molecular weight excluding hydrogens is 362 g/mol. The van der Waals surface area contributed by atoms with Gasteiger partial charge >= 0.3 is 6.03 Å². The Balaban J connectivity index is 1.56. The second-order valence-electron chi connectivity index (χ2n) is 7.08. The van der Waals surface area contributed by atoms with E-state index in [9.17, 15) is 4.79 Å². The Morgan fingerprint density at radius 3 is 2.26 bits per heavy atom. The molecule has 3 unspecified atom stereocenters. The summed E-state index contributed by atoms with van der Waals surface area (Å²) in [5, 5.41) is 6.50. The SMILES string of the molecule is CC1CN(c2ccc(NC(=O)NC(C)c3ccc(Cl)cc3)cc2)CC(C)O1. The Labute approximate surface area is 165 Å². The molecule has 144 valence electrons. The monoisotopic (exact) mass is 387 g/mol. The van der Waals surface area contributed by atoms with Crippen LogP contribution in [0.4, 0.5) is 16.2 Å². The summed E-state index contributed by atoms with van der Waals surface area (Å²) < 4.78 is 5.78. The highest BCUT2D eigenvalue weighted by atomic mass is 35.5. The summed E-state index contributed by atoms with van der Waals surface area (Å²) in [5.41, 5.74) is 2.90. The molecule has 0 spiro atoms. The van der Waals surface area contributed by atoms with Gasteiger partial charge in [0, 0.05) is 29.5 Å². The molecule has 1 aliphatic heterocycles. The molecule has 1 fully saturated rings. The van der Waals surface area contributed by atoms with E-state index in [-0.39, 0.29) is 24.3 Å². The molecule has 0 saturated carbocycles. The van der Waals surface area contributed by atoms with Gasteiger partial charge in [0.1, 0.15) is 0 Å². The van der Waals surface area contributed by atoms with Gasteiger partial charge in [0.15, 0.2) is 0 Å². The van der Waals surface area contributed by atoms with Crippen molar-refractivity contribution in [1.82, 2.24) is 5.32 Å². The highest BCUT2D eigenvalue weighted by molar-refractivity contribution is 6.30. The number of anilines is 2. The molecule has 1 aliphatic rings. The van der Waals surface area contributed by atoms with Crippen molar-refractivity contribution in [2.75, 3.05) is 23.3 Å². The molecular formula is C21H26ClN3O2. The van der Waals surface area contributed by atoms with Crippen molar-refractivity contribution in [1.29, 1.82) is 0 Å². The first-order valence-electron chi connectivity index (χ1n) is 9.24. The van der Waals surface area contributed by atoms with Gasteiger partial charge in [-0.05, 0) is 62.7 Å². The van der Waals surface area contributed by atoms with E-state index in [0.717, 1.165) is 30.0 Å². The van der Waals surface area contributed by atoms with Gasteiger partial charge in [0.25, 0.3) is 0 Å². The average molecular weight is 388 g/mol. The maximum Gasteiger partial charge on any atom is 0.319 e. The number of carbonyl (C=O) groups is 1. The zero-order valence-electron chi connectivity index (χ0n) is 15.9. The molecule has 0 bridgehead atoms. The molecule has 5 nitrogen and oxygen atoms in total. The number of halogens is 1. The van der Waals surface area contributed by atoms with E-state index < -0.39 is 0 Å². The van der Waals surface area contributed by atoms with Crippen LogP contribution in [0.3, 0.4) is 0 Å². The van der Waals surface area contributed by atoms with Crippen LogP contribution in [0.5, 0.6) is 0 Å². The Kier molecular flexibility index (Phi) is 6.24. The average Bonchev–Trinajstić information content (AvgIpc) is 2.62. The number of hydrogen-bond donors (Lipinski definition) is 2. The maximum absolute atomic E-state index is 12.3. The normalized spacial score (nSPS) is 20.8. The number of benzene rings is 2. The quantitative estimate of drug-likeness (QED) is 0.789. The zero-order valence-corrected chi connectivity index (χ0v) is 16.7. The maximum atomic E-state index is 12.3. The first-order chi connectivity index (χ1) is 12.9. The van der Waals surface area contributed by atoms with Gasteiger partial charge in [-0.15, -0.1) is 0 Å². The number of amides is 2. The van der Waals surface area contributed by atoms with Crippen LogP contribution in [0.15, 0.2) is 48.5 Å². The minimum Gasteiger partial charge on any atom is -0.372 e. The van der Waals surface area contributed by atoms with E-state index in [1.54, 1.807) is 0 Å². The lowest BCUT2D eigenvalue weighted by atomic mass is 10.1. The van der Waals surface area contributed by atoms with Crippen LogP contribution in [-0.2, 0) is 4.74 Å². The zero-order chi connectivity index (χ0) is 19.4. The van der Waals surface area contributed by atoms with Crippen LogP contribution >= 0.6 is 11.6 Å². The van der Waals surface area contributed by atoms with Crippen molar-refractivity contribution in [3.8, 4) is 0 Å². The van der Waals surface area contributed by atoms with Crippen LogP contribution in [0, 0.1) is 0 Å². The van der Waals surface area contributed by atoms with Crippen LogP contribution in [-0.4, -0.2) is 31.3 Å². The summed E-state index contributed by atoms with van der Waals surface area (Å²) >= 11 is 5.90. The highest BCUT2D eigenvalue weighted by Crippen LogP contribution is 2.22. The van der Waals surface area contributed by atoms with Crippen LogP contribution in [0.25, 0.3) is 0 Å². The second kappa shape index (κ2) is 8.63. The highest BCUT2D eigenvalue weighted by Gasteiger charge is 2.22. The molecule has 0 aliphatic carbocycles. The molecule has 1 heterocycles. The molecule has 3 atom stereocenters. The van der Waals surface area contributed by atoms with E-state index in [4.69, 9.17) is 16.3 Å². The number of hydrogen-bond acceptors (Lipinski definition) is 3.